The van der Waals surface area contributed by atoms with Gasteiger partial charge in [0.15, 0.2) is 0 Å². The number of thioether (sulfide) groups is 1. The molecule has 6 nitrogen and oxygen atoms in total. The van der Waals surface area contributed by atoms with Crippen LogP contribution < -0.4 is 10.6 Å². The van der Waals surface area contributed by atoms with Crippen LogP contribution in [0.5, 0.6) is 0 Å². The number of hydrogen-bond donors (Lipinski definition) is 2. The highest BCUT2D eigenvalue weighted by molar-refractivity contribution is 8.13. The fourth-order valence-electron chi connectivity index (χ4n) is 3.68. The van der Waals surface area contributed by atoms with E-state index in [-0.39, 0.29) is 11.0 Å². The second-order valence-corrected chi connectivity index (χ2v) is 9.98. The predicted molar refractivity (Wildman–Crippen MR) is 128 cm³/mol. The Bertz CT molecular complexity index is 969. The molecule has 0 saturated heterocycles. The van der Waals surface area contributed by atoms with Gasteiger partial charge in [-0.25, -0.2) is 4.79 Å². The van der Waals surface area contributed by atoms with Crippen LogP contribution in [0.15, 0.2) is 48.5 Å². The lowest BCUT2D eigenvalue weighted by Crippen LogP contribution is -2.49. The molecule has 0 fully saturated rings. The number of carbonyl (C=O) groups excluding carboxylic acids is 3. The number of nitrogens with one attached hydrogen (secondary N) is 2. The van der Waals surface area contributed by atoms with E-state index in [9.17, 15) is 14.4 Å². The van der Waals surface area contributed by atoms with Gasteiger partial charge in [-0.15, -0.1) is 0 Å². The van der Waals surface area contributed by atoms with E-state index in [2.05, 4.69) is 34.9 Å². The molecule has 0 heterocycles. The number of fused-ring (bicyclic) bond motifs is 3. The van der Waals surface area contributed by atoms with Crippen LogP contribution in [0.1, 0.15) is 51.7 Å². The average molecular weight is 455 g/mol. The number of rotatable bonds is 6. The minimum Gasteiger partial charge on any atom is -0.444 e. The number of benzene rings is 2. The quantitative estimate of drug-likeness (QED) is 0.672. The van der Waals surface area contributed by atoms with E-state index >= 15 is 0 Å². The highest BCUT2D eigenvalue weighted by atomic mass is 32.2. The first-order valence-corrected chi connectivity index (χ1v) is 11.7. The molecule has 0 bridgehead atoms. The molecule has 0 aliphatic heterocycles. The first-order chi connectivity index (χ1) is 15.1. The van der Waals surface area contributed by atoms with Gasteiger partial charge in [-0.1, -0.05) is 60.3 Å². The molecule has 2 aromatic rings. The fourth-order valence-corrected chi connectivity index (χ4v) is 4.68. The summed E-state index contributed by atoms with van der Waals surface area (Å²) in [7, 11) is 0. The Kier molecular flexibility index (Phi) is 7.29. The summed E-state index contributed by atoms with van der Waals surface area (Å²) in [6.07, 6.45) is -0.674. The zero-order valence-electron chi connectivity index (χ0n) is 19.1. The summed E-state index contributed by atoms with van der Waals surface area (Å²) in [5.74, 6) is 0.291. The van der Waals surface area contributed by atoms with E-state index in [1.54, 1.807) is 34.6 Å². The van der Waals surface area contributed by atoms with Crippen LogP contribution in [0, 0.1) is 0 Å². The van der Waals surface area contributed by atoms with E-state index in [0.29, 0.717) is 5.75 Å². The maximum absolute atomic E-state index is 12.7. The predicted octanol–water partition coefficient (Wildman–Crippen LogP) is 4.48. The minimum absolute atomic E-state index is 0.121. The van der Waals surface area contributed by atoms with Gasteiger partial charge >= 0.3 is 6.09 Å². The van der Waals surface area contributed by atoms with Crippen LogP contribution >= 0.6 is 11.8 Å². The van der Waals surface area contributed by atoms with Crippen molar-refractivity contribution in [1.29, 1.82) is 0 Å². The molecule has 2 atom stereocenters. The van der Waals surface area contributed by atoms with Gasteiger partial charge in [0.2, 0.25) is 11.0 Å². The Morgan fingerprint density at radius 3 is 1.97 bits per heavy atom. The monoisotopic (exact) mass is 454 g/mol. The molecule has 32 heavy (non-hydrogen) atoms. The number of ether oxygens (including phenoxy) is 1. The van der Waals surface area contributed by atoms with E-state index in [1.807, 2.05) is 24.3 Å². The van der Waals surface area contributed by atoms with Crippen molar-refractivity contribution in [3.63, 3.8) is 0 Å². The van der Waals surface area contributed by atoms with Gasteiger partial charge in [0.25, 0.3) is 0 Å². The smallest absolute Gasteiger partial charge is 0.408 e. The Morgan fingerprint density at radius 1 is 0.906 bits per heavy atom. The van der Waals surface area contributed by atoms with Crippen molar-refractivity contribution in [2.45, 2.75) is 58.2 Å². The molecule has 0 aromatic heterocycles. The summed E-state index contributed by atoms with van der Waals surface area (Å²) in [4.78, 5) is 37.0. The average Bonchev–Trinajstić information content (AvgIpc) is 3.04. The van der Waals surface area contributed by atoms with Gasteiger partial charge in [-0.05, 0) is 56.9 Å². The maximum atomic E-state index is 12.7. The van der Waals surface area contributed by atoms with Crippen molar-refractivity contribution in [2.75, 3.05) is 5.75 Å². The number of amides is 2. The Morgan fingerprint density at radius 2 is 1.44 bits per heavy atom. The molecule has 0 radical (unpaired) electrons. The largest absolute Gasteiger partial charge is 0.444 e. The fraction of sp³-hybridized carbons (Fsp3) is 0.400. The maximum Gasteiger partial charge on any atom is 0.408 e. The molecule has 1 aliphatic carbocycles. The van der Waals surface area contributed by atoms with Gasteiger partial charge < -0.3 is 15.4 Å². The highest BCUT2D eigenvalue weighted by Gasteiger charge is 2.30. The van der Waals surface area contributed by atoms with Crippen LogP contribution in [0.3, 0.4) is 0 Å². The van der Waals surface area contributed by atoms with Crippen molar-refractivity contribution in [1.82, 2.24) is 10.6 Å². The second kappa shape index (κ2) is 9.77. The third-order valence-electron chi connectivity index (χ3n) is 5.19. The summed E-state index contributed by atoms with van der Waals surface area (Å²) in [6, 6.07) is 15.0. The second-order valence-electron chi connectivity index (χ2n) is 8.96. The zero-order valence-corrected chi connectivity index (χ0v) is 19.9. The van der Waals surface area contributed by atoms with Crippen LogP contribution in [0.25, 0.3) is 11.1 Å². The first kappa shape index (κ1) is 23.9. The minimum atomic E-state index is -0.821. The van der Waals surface area contributed by atoms with Gasteiger partial charge in [0.05, 0.1) is 6.04 Å². The van der Waals surface area contributed by atoms with E-state index < -0.39 is 29.7 Å². The summed E-state index contributed by atoms with van der Waals surface area (Å²) in [5.41, 5.74) is 4.22. The van der Waals surface area contributed by atoms with Crippen molar-refractivity contribution >= 4 is 28.9 Å². The van der Waals surface area contributed by atoms with Crippen LogP contribution in [-0.4, -0.2) is 40.6 Å². The molecular weight excluding hydrogens is 424 g/mol. The number of alkyl carbamates (subject to hydrolysis) is 1. The molecule has 0 unspecified atom stereocenters. The molecule has 170 valence electrons. The van der Waals surface area contributed by atoms with Gasteiger partial charge in [0, 0.05) is 11.7 Å². The number of carbonyl (C=O) groups is 3. The summed E-state index contributed by atoms with van der Waals surface area (Å²) in [6.45, 7) is 8.45. The molecule has 2 aromatic carbocycles. The summed E-state index contributed by atoms with van der Waals surface area (Å²) in [5, 5.41) is 5.05. The van der Waals surface area contributed by atoms with E-state index in [0.717, 1.165) is 0 Å². The molecule has 0 saturated carbocycles. The Hall–Kier alpha value is -2.80. The van der Waals surface area contributed by atoms with Crippen molar-refractivity contribution in [3.8, 4) is 11.1 Å². The van der Waals surface area contributed by atoms with E-state index in [4.69, 9.17) is 4.74 Å². The summed E-state index contributed by atoms with van der Waals surface area (Å²) < 4.78 is 5.16. The van der Waals surface area contributed by atoms with Crippen molar-refractivity contribution < 1.29 is 19.1 Å². The zero-order chi connectivity index (χ0) is 23.5. The summed E-state index contributed by atoms with van der Waals surface area (Å²) >= 11 is 1.22. The Labute approximate surface area is 193 Å². The van der Waals surface area contributed by atoms with Crippen LogP contribution in [0.4, 0.5) is 4.79 Å². The van der Waals surface area contributed by atoms with Gasteiger partial charge in [0.1, 0.15) is 11.6 Å². The number of hydrogen-bond acceptors (Lipinski definition) is 5. The molecule has 3 rings (SSSR count). The van der Waals surface area contributed by atoms with Crippen LogP contribution in [-0.2, 0) is 14.3 Å². The van der Waals surface area contributed by atoms with Crippen molar-refractivity contribution in [3.05, 3.63) is 59.7 Å². The van der Waals surface area contributed by atoms with E-state index in [1.165, 1.54) is 34.0 Å². The molecule has 2 N–H and O–H groups in total. The third kappa shape index (κ3) is 5.71. The lowest BCUT2D eigenvalue weighted by Gasteiger charge is -2.22. The Balaban J connectivity index is 1.55. The lowest BCUT2D eigenvalue weighted by molar-refractivity contribution is -0.125. The standard InChI is InChI=1S/C25H30N2O4S/c1-15(27-24(30)31-25(3,4)5)22(28)26-16(2)23(29)32-14-21-19-12-8-6-10-17(19)18-11-7-9-13-20(18)21/h6-13,15-16,21H,14H2,1-5H3,(H,26,28)(H,27,30)/t15-,16-/m1/s1. The SMILES string of the molecule is C[C@@H](NC(=O)OC(C)(C)C)C(=O)N[C@H](C)C(=O)SCC1c2ccccc2-c2ccccc21. The lowest BCUT2D eigenvalue weighted by atomic mass is 9.99. The van der Waals surface area contributed by atoms with Crippen LogP contribution in [0.2, 0.25) is 0 Å². The molecular formula is C25H30N2O4S. The highest BCUT2D eigenvalue weighted by Crippen LogP contribution is 2.45. The van der Waals surface area contributed by atoms with Crippen molar-refractivity contribution in [2.24, 2.45) is 0 Å². The normalized spacial score (nSPS) is 14.7. The third-order valence-corrected chi connectivity index (χ3v) is 6.33. The molecule has 1 aliphatic rings. The first-order valence-electron chi connectivity index (χ1n) is 10.7. The van der Waals surface area contributed by atoms with Gasteiger partial charge in [-0.2, -0.15) is 0 Å². The molecule has 0 spiro atoms. The molecule has 7 heteroatoms. The molecule has 2 amide bonds. The van der Waals surface area contributed by atoms with Gasteiger partial charge in [-0.3, -0.25) is 9.59 Å². The topological polar surface area (TPSA) is 84.5 Å².